The fourth-order valence-electron chi connectivity index (χ4n) is 6.64. The van der Waals surface area contributed by atoms with Crippen LogP contribution in [0.4, 0.5) is 20.2 Å². The van der Waals surface area contributed by atoms with E-state index in [1.165, 1.54) is 6.07 Å². The Balaban J connectivity index is 1.35. The number of pyridine rings is 2. The number of hydrazine groups is 2. The minimum Gasteiger partial charge on any atom is -0.383 e. The SMILES string of the molecule is C#Cc1cnc2c(C#N)cc(N[C@H](C3=CN(C45CC(C4)C5)NN3)c3cccc4nc(C(F)F)ccc34)cc2c1NCC(C)(C)C. The van der Waals surface area contributed by atoms with Crippen molar-refractivity contribution in [3.63, 3.8) is 0 Å². The van der Waals surface area contributed by atoms with Crippen LogP contribution in [0.2, 0.25) is 0 Å². The van der Waals surface area contributed by atoms with E-state index in [2.05, 4.69) is 75.5 Å². The standard InChI is InChI=1S/C35H34F2N8/c1-5-21-17-39-31-22(16-38)11-23(12-26(31)30(21)40-19-34(2,3)4)41-32(29-18-45(44-43-29)35-13-20(14-35)15-35)25-7-6-8-27-24(25)9-10-28(42-27)33(36)37/h1,6-12,17-18,20,32-33,41,43-44H,13-15,19H2,2-4H3,(H,39,40)/t20?,32-,35?/m0/s1. The molecule has 0 saturated heterocycles. The summed E-state index contributed by atoms with van der Waals surface area (Å²) in [7, 11) is 0. The molecule has 3 aliphatic carbocycles. The van der Waals surface area contributed by atoms with Gasteiger partial charge in [-0.25, -0.2) is 13.8 Å². The molecule has 0 radical (unpaired) electrons. The van der Waals surface area contributed by atoms with Crippen LogP contribution >= 0.6 is 0 Å². The summed E-state index contributed by atoms with van der Waals surface area (Å²) in [6.07, 6.45) is 10.4. The van der Waals surface area contributed by atoms with Crippen LogP contribution in [0, 0.1) is 35.0 Å². The first-order valence-corrected chi connectivity index (χ1v) is 15.1. The van der Waals surface area contributed by atoms with Crippen LogP contribution in [0.5, 0.6) is 0 Å². The molecule has 4 aromatic rings. The number of nitrogens with one attached hydrogen (secondary N) is 4. The molecule has 8 rings (SSSR count). The molecule has 1 aliphatic heterocycles. The first kappa shape index (κ1) is 28.8. The summed E-state index contributed by atoms with van der Waals surface area (Å²) in [5.74, 6) is 3.54. The van der Waals surface area contributed by atoms with Gasteiger partial charge in [-0.1, -0.05) is 44.9 Å². The summed E-state index contributed by atoms with van der Waals surface area (Å²) in [6, 6.07) is 14.2. The third kappa shape index (κ3) is 5.05. The molecule has 228 valence electrons. The molecule has 2 aromatic carbocycles. The maximum absolute atomic E-state index is 13.5. The minimum absolute atomic E-state index is 0.0209. The number of halogens is 2. The molecule has 2 aromatic heterocycles. The van der Waals surface area contributed by atoms with Crippen molar-refractivity contribution in [3.05, 3.63) is 82.9 Å². The summed E-state index contributed by atoms with van der Waals surface area (Å²) in [5, 5.41) is 21.0. The Morgan fingerprint density at radius 2 is 1.93 bits per heavy atom. The Labute approximate surface area is 260 Å². The largest absolute Gasteiger partial charge is 0.383 e. The number of terminal acetylenes is 1. The lowest BCUT2D eigenvalue weighted by atomic mass is 9.49. The number of nitrogens with zero attached hydrogens (tertiary/aromatic N) is 4. The Kier molecular flexibility index (Phi) is 6.79. The van der Waals surface area contributed by atoms with Crippen molar-refractivity contribution >= 4 is 33.2 Å². The fourth-order valence-corrected chi connectivity index (χ4v) is 6.64. The number of hydrogen-bond donors (Lipinski definition) is 4. The van der Waals surface area contributed by atoms with E-state index in [0.29, 0.717) is 34.4 Å². The van der Waals surface area contributed by atoms with E-state index < -0.39 is 12.5 Å². The van der Waals surface area contributed by atoms with E-state index in [4.69, 9.17) is 6.42 Å². The van der Waals surface area contributed by atoms with Gasteiger partial charge in [0.05, 0.1) is 45.1 Å². The molecule has 0 amide bonds. The lowest BCUT2D eigenvalue weighted by Gasteiger charge is -2.64. The van der Waals surface area contributed by atoms with E-state index >= 15 is 0 Å². The van der Waals surface area contributed by atoms with Gasteiger partial charge in [0.25, 0.3) is 6.43 Å². The highest BCUT2D eigenvalue weighted by atomic mass is 19.3. The second-order valence-electron chi connectivity index (χ2n) is 13.6. The first-order valence-electron chi connectivity index (χ1n) is 15.1. The lowest BCUT2D eigenvalue weighted by Crippen LogP contribution is -2.69. The van der Waals surface area contributed by atoms with Crippen LogP contribution < -0.4 is 21.6 Å². The van der Waals surface area contributed by atoms with Gasteiger partial charge >= 0.3 is 0 Å². The zero-order chi connectivity index (χ0) is 31.5. The third-order valence-electron chi connectivity index (χ3n) is 9.09. The molecule has 3 saturated carbocycles. The molecule has 8 nitrogen and oxygen atoms in total. The van der Waals surface area contributed by atoms with E-state index in [1.54, 1.807) is 24.4 Å². The Morgan fingerprint density at radius 3 is 2.60 bits per heavy atom. The molecular weight excluding hydrogens is 570 g/mol. The van der Waals surface area contributed by atoms with Crippen molar-refractivity contribution in [3.8, 4) is 18.4 Å². The molecule has 4 N–H and O–H groups in total. The van der Waals surface area contributed by atoms with Gasteiger partial charge < -0.3 is 16.1 Å². The van der Waals surface area contributed by atoms with Crippen LogP contribution in [0.3, 0.4) is 0 Å². The van der Waals surface area contributed by atoms with Gasteiger partial charge in [0.1, 0.15) is 11.8 Å². The first-order chi connectivity index (χ1) is 21.6. The van der Waals surface area contributed by atoms with Crippen LogP contribution in [0.15, 0.2) is 60.6 Å². The second kappa shape index (κ2) is 10.6. The van der Waals surface area contributed by atoms with Crippen molar-refractivity contribution < 1.29 is 8.78 Å². The lowest BCUT2D eigenvalue weighted by molar-refractivity contribution is -0.141. The van der Waals surface area contributed by atoms with Crippen molar-refractivity contribution in [2.75, 3.05) is 17.2 Å². The number of aromatic nitrogens is 2. The zero-order valence-corrected chi connectivity index (χ0v) is 25.4. The monoisotopic (exact) mass is 604 g/mol. The van der Waals surface area contributed by atoms with Gasteiger partial charge in [0, 0.05) is 35.4 Å². The normalized spacial score (nSPS) is 20.9. The number of anilines is 2. The quantitative estimate of drug-likeness (QED) is 0.161. The highest BCUT2D eigenvalue weighted by Gasteiger charge is 2.60. The van der Waals surface area contributed by atoms with Crippen LogP contribution in [0.1, 0.15) is 74.9 Å². The van der Waals surface area contributed by atoms with Gasteiger partial charge in [0.15, 0.2) is 0 Å². The van der Waals surface area contributed by atoms with Crippen molar-refractivity contribution in [2.24, 2.45) is 11.3 Å². The fraction of sp³-hybridized carbons (Fsp3) is 0.343. The molecule has 10 heteroatoms. The van der Waals surface area contributed by atoms with Crippen molar-refractivity contribution in [1.29, 1.82) is 5.26 Å². The number of benzene rings is 2. The molecule has 45 heavy (non-hydrogen) atoms. The van der Waals surface area contributed by atoms with E-state index in [9.17, 15) is 14.0 Å². The van der Waals surface area contributed by atoms with E-state index in [0.717, 1.165) is 52.9 Å². The second-order valence-corrected chi connectivity index (χ2v) is 13.6. The average Bonchev–Trinajstić information content (AvgIpc) is 3.44. The number of fused-ring (bicyclic) bond motifs is 2. The smallest absolute Gasteiger partial charge is 0.280 e. The molecule has 3 heterocycles. The van der Waals surface area contributed by atoms with Gasteiger partial charge in [-0.3, -0.25) is 9.99 Å². The van der Waals surface area contributed by atoms with Gasteiger partial charge in [-0.05, 0) is 60.4 Å². The average molecular weight is 605 g/mol. The van der Waals surface area contributed by atoms with E-state index in [1.807, 2.05) is 18.2 Å². The van der Waals surface area contributed by atoms with Crippen LogP contribution in [0.25, 0.3) is 21.8 Å². The number of alkyl halides is 2. The third-order valence-corrected chi connectivity index (χ3v) is 9.09. The number of nitriles is 1. The molecule has 2 bridgehead atoms. The molecule has 0 spiro atoms. The Morgan fingerprint density at radius 1 is 1.13 bits per heavy atom. The Hall–Kier alpha value is -4.93. The molecular formula is C35H34F2N8. The van der Waals surface area contributed by atoms with Crippen LogP contribution in [-0.2, 0) is 0 Å². The molecule has 0 unspecified atom stereocenters. The van der Waals surface area contributed by atoms with Gasteiger partial charge in [0.2, 0.25) is 0 Å². The zero-order valence-electron chi connectivity index (χ0n) is 25.4. The van der Waals surface area contributed by atoms with E-state index in [-0.39, 0.29) is 16.6 Å². The molecule has 4 aliphatic rings. The molecule has 3 fully saturated rings. The maximum Gasteiger partial charge on any atom is 0.280 e. The summed E-state index contributed by atoms with van der Waals surface area (Å²) in [5.41, 5.74) is 11.7. The number of hydrogen-bond acceptors (Lipinski definition) is 8. The van der Waals surface area contributed by atoms with Crippen LogP contribution in [-0.4, -0.2) is 27.1 Å². The van der Waals surface area contributed by atoms with Gasteiger partial charge in [-0.15, -0.1) is 12.0 Å². The number of rotatable bonds is 8. The predicted octanol–water partition coefficient (Wildman–Crippen LogP) is 6.90. The van der Waals surface area contributed by atoms with Crippen molar-refractivity contribution in [1.82, 2.24) is 25.9 Å². The van der Waals surface area contributed by atoms with Crippen molar-refractivity contribution in [2.45, 2.75) is 58.0 Å². The predicted molar refractivity (Wildman–Crippen MR) is 172 cm³/mol. The highest BCUT2D eigenvalue weighted by Crippen LogP contribution is 2.60. The van der Waals surface area contributed by atoms with Gasteiger partial charge in [-0.2, -0.15) is 5.26 Å². The molecule has 1 atom stereocenters. The summed E-state index contributed by atoms with van der Waals surface area (Å²) >= 11 is 0. The highest BCUT2D eigenvalue weighted by molar-refractivity contribution is 5.99. The topological polar surface area (TPSA) is 101 Å². The summed E-state index contributed by atoms with van der Waals surface area (Å²) < 4.78 is 27.1. The summed E-state index contributed by atoms with van der Waals surface area (Å²) in [6.45, 7) is 7.06. The minimum atomic E-state index is -2.67. The maximum atomic E-state index is 13.5. The Bertz CT molecular complexity index is 1930. The summed E-state index contributed by atoms with van der Waals surface area (Å²) in [4.78, 5) is 8.81.